The van der Waals surface area contributed by atoms with Crippen molar-refractivity contribution in [1.82, 2.24) is 4.48 Å². The van der Waals surface area contributed by atoms with Crippen molar-refractivity contribution in [3.05, 3.63) is 154 Å². The van der Waals surface area contributed by atoms with Crippen LogP contribution < -0.4 is 0 Å². The molecule has 1 aromatic heterocycles. The van der Waals surface area contributed by atoms with Crippen LogP contribution in [0.4, 0.5) is 43.9 Å². The van der Waals surface area contributed by atoms with Crippen molar-refractivity contribution >= 4 is 35.5 Å². The number of nitrogens with zero attached hydrogens (tertiary/aromatic N) is 2. The van der Waals surface area contributed by atoms with E-state index < -0.39 is 44.7 Å². The zero-order chi connectivity index (χ0) is 42.5. The molecule has 0 unspecified atom stereocenters. The minimum Gasteiger partial charge on any atom is -0.385 e. The van der Waals surface area contributed by atoms with Crippen molar-refractivity contribution in [1.29, 1.82) is 0 Å². The number of aryl methyl sites for hydroxylation is 3. The summed E-state index contributed by atoms with van der Waals surface area (Å²) in [5.41, 5.74) is 6.53. The van der Waals surface area contributed by atoms with Crippen molar-refractivity contribution in [3.63, 3.8) is 0 Å². The Kier molecular flexibility index (Phi) is 10.9. The highest BCUT2D eigenvalue weighted by atomic mass is 19.4. The average molecular weight is 823 g/mol. The fraction of sp³-hybridized carbons (Fsp3) is 0.205. The van der Waals surface area contributed by atoms with E-state index in [1.54, 1.807) is 48.5 Å². The molecule has 0 N–H and O–H groups in total. The number of fused-ring (bicyclic) bond motifs is 2. The number of alkyl halides is 10. The standard InChI is InChI=1S/C44H33BF10N2O2/c1-26-16-18-31(19-17-26)40-36-21-28(3)27(2)20-34(36)37(56-40)23-39-35(33-15-9-13-29-10-7-8-14-32(29)33)22-38(30-11-5-4-6-12-30)57(39)45(58-24-41(46,47)43(50,51)52)59-25-42(48,49)44(53,54)55/h4-23H,24-25H2,1-3H3/b37-23-. The first-order valence-corrected chi connectivity index (χ1v) is 18.2. The van der Waals surface area contributed by atoms with Crippen molar-refractivity contribution in [3.8, 4) is 22.4 Å². The number of hydrogen-bond acceptors (Lipinski definition) is 3. The van der Waals surface area contributed by atoms with Gasteiger partial charge >= 0.3 is 31.5 Å². The van der Waals surface area contributed by atoms with Crippen LogP contribution in [0.2, 0.25) is 0 Å². The van der Waals surface area contributed by atoms with Gasteiger partial charge in [0.15, 0.2) is 0 Å². The molecule has 15 heteroatoms. The van der Waals surface area contributed by atoms with Crippen LogP contribution in [-0.2, 0) is 9.31 Å². The van der Waals surface area contributed by atoms with E-state index in [9.17, 15) is 43.9 Å². The fourth-order valence-electron chi connectivity index (χ4n) is 6.77. The molecule has 4 nitrogen and oxygen atoms in total. The van der Waals surface area contributed by atoms with Crippen LogP contribution in [0.1, 0.15) is 39.1 Å². The molecule has 0 aliphatic carbocycles. The topological polar surface area (TPSA) is 35.8 Å². The highest BCUT2D eigenvalue weighted by Gasteiger charge is 2.60. The minimum absolute atomic E-state index is 0.0305. The van der Waals surface area contributed by atoms with E-state index in [-0.39, 0.29) is 28.2 Å². The fourth-order valence-corrected chi connectivity index (χ4v) is 6.77. The number of benzene rings is 5. The van der Waals surface area contributed by atoms with E-state index in [1.165, 1.54) is 24.3 Å². The number of aliphatic imine (C=N–C) groups is 1. The summed E-state index contributed by atoms with van der Waals surface area (Å²) in [6.45, 7) is 0.723. The third-order valence-electron chi connectivity index (χ3n) is 10.1. The van der Waals surface area contributed by atoms with Gasteiger partial charge < -0.3 is 13.8 Å². The van der Waals surface area contributed by atoms with Crippen LogP contribution in [0, 0.1) is 20.8 Å². The maximum atomic E-state index is 14.6. The van der Waals surface area contributed by atoms with Crippen LogP contribution >= 0.6 is 0 Å². The predicted molar refractivity (Wildman–Crippen MR) is 208 cm³/mol. The van der Waals surface area contributed by atoms with Crippen molar-refractivity contribution < 1.29 is 53.2 Å². The Bertz CT molecular complexity index is 2540. The van der Waals surface area contributed by atoms with Gasteiger partial charge in [0.05, 0.1) is 11.4 Å². The molecule has 0 spiro atoms. The van der Waals surface area contributed by atoms with Gasteiger partial charge in [-0.1, -0.05) is 103 Å². The Morgan fingerprint density at radius 3 is 1.75 bits per heavy atom. The molecule has 304 valence electrons. The molecule has 0 saturated heterocycles. The van der Waals surface area contributed by atoms with E-state index in [1.807, 2.05) is 69.3 Å². The molecule has 7 rings (SSSR count). The van der Waals surface area contributed by atoms with E-state index in [4.69, 9.17) is 14.3 Å². The predicted octanol–water partition coefficient (Wildman–Crippen LogP) is 12.5. The van der Waals surface area contributed by atoms with Crippen LogP contribution in [0.15, 0.2) is 120 Å². The van der Waals surface area contributed by atoms with Crippen LogP contribution in [-0.4, -0.2) is 54.9 Å². The largest absolute Gasteiger partial charge is 0.598 e. The molecule has 0 fully saturated rings. The molecule has 2 heterocycles. The van der Waals surface area contributed by atoms with Crippen molar-refractivity contribution in [2.24, 2.45) is 4.99 Å². The molecule has 59 heavy (non-hydrogen) atoms. The van der Waals surface area contributed by atoms with Crippen LogP contribution in [0.3, 0.4) is 0 Å². The lowest BCUT2D eigenvalue weighted by molar-refractivity contribution is -0.295. The summed E-state index contributed by atoms with van der Waals surface area (Å²) in [7, 11) is -2.71. The lowest BCUT2D eigenvalue weighted by Gasteiger charge is -2.26. The summed E-state index contributed by atoms with van der Waals surface area (Å²) >= 11 is 0. The van der Waals surface area contributed by atoms with Gasteiger partial charge in [0, 0.05) is 33.6 Å². The summed E-state index contributed by atoms with van der Waals surface area (Å²) in [5, 5.41) is 1.40. The molecular weight excluding hydrogens is 789 g/mol. The summed E-state index contributed by atoms with van der Waals surface area (Å²) in [5.74, 6) is -11.1. The molecule has 5 aromatic carbocycles. The lowest BCUT2D eigenvalue weighted by Crippen LogP contribution is -2.48. The van der Waals surface area contributed by atoms with Gasteiger partial charge in [-0.15, -0.1) is 0 Å². The van der Waals surface area contributed by atoms with Crippen LogP contribution in [0.5, 0.6) is 0 Å². The third kappa shape index (κ3) is 8.18. The average Bonchev–Trinajstić information content (AvgIpc) is 3.72. The first-order valence-electron chi connectivity index (χ1n) is 18.2. The Labute approximate surface area is 332 Å². The Morgan fingerprint density at radius 1 is 0.576 bits per heavy atom. The van der Waals surface area contributed by atoms with Gasteiger partial charge in [0.1, 0.15) is 13.2 Å². The Morgan fingerprint density at radius 2 is 1.14 bits per heavy atom. The second-order valence-corrected chi connectivity index (χ2v) is 14.3. The van der Waals surface area contributed by atoms with Gasteiger partial charge in [-0.3, -0.25) is 0 Å². The van der Waals surface area contributed by atoms with Gasteiger partial charge in [-0.25, -0.2) is 4.99 Å². The zero-order valence-electron chi connectivity index (χ0n) is 31.5. The number of halogens is 10. The quantitative estimate of drug-likeness (QED) is 0.0964. The summed E-state index contributed by atoms with van der Waals surface area (Å²) < 4.78 is 150. The van der Waals surface area contributed by atoms with E-state index in [2.05, 4.69) is 0 Å². The Hall–Kier alpha value is -5.67. The lowest BCUT2D eigenvalue weighted by atomic mass is 9.93. The molecular formula is C44H33BF10N2O2. The molecule has 6 aromatic rings. The monoisotopic (exact) mass is 822 g/mol. The smallest absolute Gasteiger partial charge is 0.385 e. The first kappa shape index (κ1) is 41.5. The second-order valence-electron chi connectivity index (χ2n) is 14.3. The molecule has 0 radical (unpaired) electrons. The molecule has 0 saturated carbocycles. The first-order chi connectivity index (χ1) is 27.8. The van der Waals surface area contributed by atoms with Gasteiger partial charge in [-0.05, 0) is 78.1 Å². The maximum Gasteiger partial charge on any atom is 0.598 e. The molecule has 1 aliphatic heterocycles. The second kappa shape index (κ2) is 15.5. The summed E-state index contributed by atoms with van der Waals surface area (Å²) in [6.07, 6.45) is -10.9. The van der Waals surface area contributed by atoms with E-state index in [0.717, 1.165) is 32.1 Å². The number of rotatable bonds is 11. The summed E-state index contributed by atoms with van der Waals surface area (Å²) in [4.78, 5) is 4.99. The third-order valence-corrected chi connectivity index (χ3v) is 10.1. The van der Waals surface area contributed by atoms with Crippen molar-refractivity contribution in [2.75, 3.05) is 13.2 Å². The molecule has 1 aliphatic rings. The van der Waals surface area contributed by atoms with Gasteiger partial charge in [-0.2, -0.15) is 43.9 Å². The Balaban J connectivity index is 1.56. The molecule has 0 amide bonds. The van der Waals surface area contributed by atoms with Crippen LogP contribution in [0.25, 0.3) is 44.9 Å². The normalized spacial score (nSPS) is 14.3. The SMILES string of the molecule is Cc1ccc(C2=N/C(=C\c3c(-c4cccc5ccccc45)cc(-c4ccccc4)n3B(OCC(F)(F)C(F)(F)F)OCC(F)(F)C(F)(F)F)c3cc(C)c(C)cc32)cc1. The summed E-state index contributed by atoms with van der Waals surface area (Å²) in [6, 6.07) is 33.1. The van der Waals surface area contributed by atoms with Crippen molar-refractivity contribution in [2.45, 2.75) is 45.0 Å². The van der Waals surface area contributed by atoms with Gasteiger partial charge in [0.2, 0.25) is 0 Å². The molecule has 0 atom stereocenters. The zero-order valence-corrected chi connectivity index (χ0v) is 31.5. The van der Waals surface area contributed by atoms with Gasteiger partial charge in [0.25, 0.3) is 0 Å². The molecule has 0 bridgehead atoms. The minimum atomic E-state index is -6.17. The number of hydrogen-bond donors (Lipinski definition) is 0. The highest BCUT2D eigenvalue weighted by Crippen LogP contribution is 2.43. The number of aromatic nitrogens is 1. The van der Waals surface area contributed by atoms with E-state index in [0.29, 0.717) is 27.8 Å². The maximum absolute atomic E-state index is 14.6. The van der Waals surface area contributed by atoms with E-state index >= 15 is 0 Å². The highest BCUT2D eigenvalue weighted by molar-refractivity contribution is 6.44.